The van der Waals surface area contributed by atoms with Crippen LogP contribution in [0.4, 0.5) is 10.5 Å². The molecule has 4 N–H and O–H groups in total. The molecule has 0 aliphatic heterocycles. The molecule has 0 aliphatic carbocycles. The van der Waals surface area contributed by atoms with Crippen molar-refractivity contribution >= 4 is 34.7 Å². The van der Waals surface area contributed by atoms with Crippen molar-refractivity contribution in [1.29, 1.82) is 0 Å². The van der Waals surface area contributed by atoms with Crippen molar-refractivity contribution in [3.8, 4) is 0 Å². The Labute approximate surface area is 229 Å². The smallest absolute Gasteiger partial charge is 0.408 e. The number of nitrogens with one attached hydrogen (secondary N) is 2. The molecule has 1 aromatic carbocycles. The third kappa shape index (κ3) is 9.10. The van der Waals surface area contributed by atoms with Gasteiger partial charge in [-0.3, -0.25) is 4.79 Å². The highest BCUT2D eigenvalue weighted by Crippen LogP contribution is 2.23. The van der Waals surface area contributed by atoms with Gasteiger partial charge in [-0.2, -0.15) is 0 Å². The Morgan fingerprint density at radius 2 is 1.74 bits per heavy atom. The molecule has 0 radical (unpaired) electrons. The number of amides is 2. The molecule has 0 aliphatic rings. The molecule has 0 saturated carbocycles. The number of alkyl carbamates (subject to hydrolysis) is 1. The van der Waals surface area contributed by atoms with E-state index in [-0.39, 0.29) is 32.2 Å². The van der Waals surface area contributed by atoms with E-state index in [4.69, 9.17) is 14.5 Å². The number of anilines is 1. The van der Waals surface area contributed by atoms with Crippen LogP contribution < -0.4 is 15.5 Å². The second kappa shape index (κ2) is 14.1. The Morgan fingerprint density at radius 1 is 1.10 bits per heavy atom. The van der Waals surface area contributed by atoms with Crippen LogP contribution >= 0.6 is 0 Å². The number of aliphatic hydroxyl groups is 2. The lowest BCUT2D eigenvalue weighted by molar-refractivity contribution is -0.148. The molecule has 2 rings (SSSR count). The van der Waals surface area contributed by atoms with Crippen molar-refractivity contribution in [2.45, 2.75) is 65.6 Å². The van der Waals surface area contributed by atoms with E-state index in [1.54, 1.807) is 41.5 Å². The molecule has 1 heterocycles. The number of fused-ring (bicyclic) bond motifs is 1. The third-order valence-electron chi connectivity index (χ3n) is 5.96. The van der Waals surface area contributed by atoms with Gasteiger partial charge in [-0.25, -0.2) is 14.6 Å². The first kappa shape index (κ1) is 31.8. The highest BCUT2D eigenvalue weighted by molar-refractivity contribution is 5.90. The molecule has 0 saturated heterocycles. The summed E-state index contributed by atoms with van der Waals surface area (Å²) in [5.41, 5.74) is 1.45. The van der Waals surface area contributed by atoms with Crippen LogP contribution in [0.1, 0.15) is 47.4 Å². The predicted octanol–water partition coefficient (Wildman–Crippen LogP) is 1.50. The third-order valence-corrected chi connectivity index (χ3v) is 5.96. The van der Waals surface area contributed by atoms with Crippen LogP contribution in [0.2, 0.25) is 0 Å². The number of benzene rings is 1. The summed E-state index contributed by atoms with van der Waals surface area (Å²) in [5.74, 6) is -0.851. The minimum Gasteiger partial charge on any atom is -0.464 e. The maximum absolute atomic E-state index is 13.4. The zero-order valence-corrected chi connectivity index (χ0v) is 24.0. The molecular weight excluding hydrogens is 506 g/mol. The number of carbonyl (C=O) groups is 3. The maximum Gasteiger partial charge on any atom is 0.408 e. The molecule has 2 atom stereocenters. The Balaban J connectivity index is 2.40. The first-order chi connectivity index (χ1) is 18.3. The zero-order valence-electron chi connectivity index (χ0n) is 24.0. The fraction of sp³-hybridized carbons (Fsp3) is 0.630. The Kier molecular flexibility index (Phi) is 11.5. The number of aliphatic hydroxyl groups excluding tert-OH is 2. The van der Waals surface area contributed by atoms with Crippen molar-refractivity contribution in [2.24, 2.45) is 13.0 Å². The van der Waals surface area contributed by atoms with Crippen molar-refractivity contribution < 1.29 is 34.1 Å². The van der Waals surface area contributed by atoms with Crippen molar-refractivity contribution in [1.82, 2.24) is 20.2 Å². The van der Waals surface area contributed by atoms with Gasteiger partial charge in [-0.05, 0) is 51.8 Å². The zero-order chi connectivity index (χ0) is 29.3. The summed E-state index contributed by atoms with van der Waals surface area (Å²) in [6.45, 7) is 11.2. The average Bonchev–Trinajstić information content (AvgIpc) is 3.14. The molecule has 2 aromatic rings. The number of aryl methyl sites for hydroxylation is 1. The Hall–Kier alpha value is -3.38. The number of rotatable bonds is 13. The first-order valence-corrected chi connectivity index (χ1v) is 13.2. The van der Waals surface area contributed by atoms with Gasteiger partial charge in [0.05, 0.1) is 30.9 Å². The van der Waals surface area contributed by atoms with Gasteiger partial charge in [0, 0.05) is 32.2 Å². The van der Waals surface area contributed by atoms with Crippen LogP contribution in [0, 0.1) is 5.92 Å². The fourth-order valence-corrected chi connectivity index (χ4v) is 4.05. The van der Waals surface area contributed by atoms with E-state index in [9.17, 15) is 24.6 Å². The summed E-state index contributed by atoms with van der Waals surface area (Å²) >= 11 is 0. The number of hydrogen-bond donors (Lipinski definition) is 4. The second-order valence-corrected chi connectivity index (χ2v) is 10.6. The minimum atomic E-state index is -1.09. The highest BCUT2D eigenvalue weighted by atomic mass is 16.6. The topological polar surface area (TPSA) is 155 Å². The van der Waals surface area contributed by atoms with Crippen LogP contribution in [0.5, 0.6) is 0 Å². The lowest BCUT2D eigenvalue weighted by Crippen LogP contribution is -2.55. The predicted molar refractivity (Wildman–Crippen MR) is 147 cm³/mol. The Bertz CT molecular complexity index is 1120. The molecule has 39 heavy (non-hydrogen) atoms. The normalized spacial score (nSPS) is 13.2. The van der Waals surface area contributed by atoms with Crippen molar-refractivity contribution in [2.75, 3.05) is 37.8 Å². The summed E-state index contributed by atoms with van der Waals surface area (Å²) in [6, 6.07) is 3.60. The monoisotopic (exact) mass is 549 g/mol. The van der Waals surface area contributed by atoms with Crippen LogP contribution in [0.15, 0.2) is 18.2 Å². The maximum atomic E-state index is 13.4. The number of carbonyl (C=O) groups excluding carboxylic acids is 3. The summed E-state index contributed by atoms with van der Waals surface area (Å²) in [4.78, 5) is 45.1. The van der Waals surface area contributed by atoms with Crippen LogP contribution in [0.25, 0.3) is 11.0 Å². The molecule has 1 aromatic heterocycles. The van der Waals surface area contributed by atoms with Gasteiger partial charge >= 0.3 is 12.1 Å². The molecule has 12 nitrogen and oxygen atoms in total. The number of esters is 1. The fourth-order valence-electron chi connectivity index (χ4n) is 4.05. The van der Waals surface area contributed by atoms with Crippen LogP contribution in [0.3, 0.4) is 0 Å². The van der Waals surface area contributed by atoms with E-state index in [2.05, 4.69) is 10.6 Å². The lowest BCUT2D eigenvalue weighted by atomic mass is 10.0. The standard InChI is InChI=1S/C27H43N5O7/c1-8-38-25(36)23(17(2)3)30-24(35)20(29-26(37)39-27(4,5)6)16-22-28-19-15-18(9-10-21(19)31(22)7)32(11-13-33)12-14-34/h9-10,15,17,20,23,33-34H,8,11-14,16H2,1-7H3,(H,29,37)(H,30,35)/t20-,23-/m0/s1. The second-order valence-electron chi connectivity index (χ2n) is 10.6. The molecule has 2 amide bonds. The van der Waals surface area contributed by atoms with Gasteiger partial charge in [-0.1, -0.05) is 13.8 Å². The largest absolute Gasteiger partial charge is 0.464 e. The van der Waals surface area contributed by atoms with E-state index < -0.39 is 35.7 Å². The van der Waals surface area contributed by atoms with Crippen molar-refractivity contribution in [3.63, 3.8) is 0 Å². The van der Waals surface area contributed by atoms with Gasteiger partial charge in [0.2, 0.25) is 5.91 Å². The van der Waals surface area contributed by atoms with E-state index >= 15 is 0 Å². The summed E-state index contributed by atoms with van der Waals surface area (Å²) in [5, 5.41) is 24.1. The van der Waals surface area contributed by atoms with Gasteiger partial charge < -0.3 is 39.8 Å². The minimum absolute atomic E-state index is 0.0240. The summed E-state index contributed by atoms with van der Waals surface area (Å²) < 4.78 is 12.3. The Morgan fingerprint density at radius 3 is 2.28 bits per heavy atom. The summed E-state index contributed by atoms with van der Waals surface area (Å²) in [7, 11) is 1.81. The number of hydrogen-bond acceptors (Lipinski definition) is 9. The molecule has 12 heteroatoms. The highest BCUT2D eigenvalue weighted by Gasteiger charge is 2.32. The van der Waals surface area contributed by atoms with Gasteiger partial charge in [0.1, 0.15) is 23.5 Å². The van der Waals surface area contributed by atoms with E-state index in [0.29, 0.717) is 24.4 Å². The van der Waals surface area contributed by atoms with Crippen LogP contribution in [-0.4, -0.2) is 88.3 Å². The first-order valence-electron chi connectivity index (χ1n) is 13.2. The lowest BCUT2D eigenvalue weighted by Gasteiger charge is -2.26. The molecule has 218 valence electrons. The molecule has 0 fully saturated rings. The number of nitrogens with zero attached hydrogens (tertiary/aromatic N) is 3. The summed E-state index contributed by atoms with van der Waals surface area (Å²) in [6.07, 6.45) is -0.750. The number of imidazole rings is 1. The number of ether oxygens (including phenoxy) is 2. The quantitative estimate of drug-likeness (QED) is 0.272. The molecular formula is C27H43N5O7. The SMILES string of the molecule is CCOC(=O)[C@@H](NC(=O)[C@H](Cc1nc2cc(N(CCO)CCO)ccc2n1C)NC(=O)OC(C)(C)C)C(C)C. The van der Waals surface area contributed by atoms with E-state index in [1.807, 2.05) is 34.7 Å². The van der Waals surface area contributed by atoms with E-state index in [1.165, 1.54) is 0 Å². The van der Waals surface area contributed by atoms with E-state index in [0.717, 1.165) is 11.2 Å². The number of aromatic nitrogens is 2. The molecule has 0 spiro atoms. The van der Waals surface area contributed by atoms with Gasteiger partial charge in [0.15, 0.2) is 0 Å². The molecule has 0 bridgehead atoms. The average molecular weight is 550 g/mol. The van der Waals surface area contributed by atoms with Gasteiger partial charge in [-0.15, -0.1) is 0 Å². The molecule has 0 unspecified atom stereocenters. The van der Waals surface area contributed by atoms with Gasteiger partial charge in [0.25, 0.3) is 0 Å². The van der Waals surface area contributed by atoms with Crippen molar-refractivity contribution in [3.05, 3.63) is 24.0 Å². The van der Waals surface area contributed by atoms with Crippen LogP contribution in [-0.2, 0) is 32.5 Å².